The zero-order valence-electron chi connectivity index (χ0n) is 21.2. The average Bonchev–Trinajstić information content (AvgIpc) is 3.49. The maximum atomic E-state index is 12.7. The minimum atomic E-state index is -0.265. The number of carbonyl (C=O) groups is 1. The first-order valence-corrected chi connectivity index (χ1v) is 14.0. The van der Waals surface area contributed by atoms with Crippen molar-refractivity contribution in [2.45, 2.75) is 20.8 Å². The van der Waals surface area contributed by atoms with Gasteiger partial charge in [-0.2, -0.15) is 5.10 Å². The monoisotopic (exact) mass is 631 g/mol. The fraction of sp³-hybridized carbons (Fsp3) is 0.100. The Labute approximate surface area is 239 Å². The molecule has 0 spiro atoms. The third-order valence-electron chi connectivity index (χ3n) is 6.16. The summed E-state index contributed by atoms with van der Waals surface area (Å²) in [7, 11) is 0. The Bertz CT molecular complexity index is 1620. The van der Waals surface area contributed by atoms with Gasteiger partial charge in [-0.05, 0) is 91.9 Å². The molecular weight excluding hydrogens is 605 g/mol. The predicted octanol–water partition coefficient (Wildman–Crippen LogP) is 7.64. The first-order valence-electron chi connectivity index (χ1n) is 12.1. The molecule has 0 aliphatic rings. The van der Waals surface area contributed by atoms with E-state index in [1.807, 2.05) is 35.7 Å². The Balaban J connectivity index is 1.22. The van der Waals surface area contributed by atoms with Crippen LogP contribution in [0.3, 0.4) is 0 Å². The second kappa shape index (κ2) is 11.3. The number of nitrogens with zero attached hydrogens (tertiary/aromatic N) is 3. The van der Waals surface area contributed by atoms with Crippen LogP contribution < -0.4 is 10.7 Å². The SMILES string of the molecule is Cc1ccc(Nc2nc(-c3ccc(C(=O)N/N=C\c4cc(C)n(-c5cccc(I)c5)c4C)cc3)cs2)cc1. The number of carbonyl (C=O) groups excluding carboxylic acids is 1. The zero-order valence-corrected chi connectivity index (χ0v) is 24.2. The first kappa shape index (κ1) is 25.9. The molecule has 5 rings (SSSR count). The van der Waals surface area contributed by atoms with Crippen LogP contribution in [0.1, 0.15) is 32.9 Å². The number of benzene rings is 3. The highest BCUT2D eigenvalue weighted by atomic mass is 127. The van der Waals surface area contributed by atoms with Gasteiger partial charge < -0.3 is 9.88 Å². The van der Waals surface area contributed by atoms with E-state index in [1.54, 1.807) is 29.7 Å². The molecule has 5 aromatic rings. The summed E-state index contributed by atoms with van der Waals surface area (Å²) in [6.45, 7) is 6.18. The van der Waals surface area contributed by atoms with E-state index in [-0.39, 0.29) is 5.91 Å². The lowest BCUT2D eigenvalue weighted by Crippen LogP contribution is -2.17. The van der Waals surface area contributed by atoms with E-state index in [2.05, 4.69) is 105 Å². The molecule has 0 radical (unpaired) electrons. The largest absolute Gasteiger partial charge is 0.332 e. The van der Waals surface area contributed by atoms with Gasteiger partial charge in [-0.25, -0.2) is 10.4 Å². The van der Waals surface area contributed by atoms with Crippen LogP contribution in [0.4, 0.5) is 10.8 Å². The number of thiazole rings is 1. The van der Waals surface area contributed by atoms with Crippen molar-refractivity contribution in [3.05, 3.63) is 116 Å². The number of hydrogen-bond acceptors (Lipinski definition) is 5. The van der Waals surface area contributed by atoms with Crippen molar-refractivity contribution >= 4 is 56.9 Å². The highest BCUT2D eigenvalue weighted by Gasteiger charge is 2.11. The molecule has 38 heavy (non-hydrogen) atoms. The van der Waals surface area contributed by atoms with Crippen LogP contribution in [0, 0.1) is 24.3 Å². The Hall–Kier alpha value is -3.76. The molecular formula is C30H26IN5OS. The molecule has 0 saturated carbocycles. The first-order chi connectivity index (χ1) is 18.4. The van der Waals surface area contributed by atoms with Crippen molar-refractivity contribution in [1.29, 1.82) is 0 Å². The molecule has 0 aliphatic heterocycles. The average molecular weight is 632 g/mol. The zero-order chi connectivity index (χ0) is 26.6. The number of rotatable bonds is 7. The molecule has 6 nitrogen and oxygen atoms in total. The van der Waals surface area contributed by atoms with E-state index in [0.717, 1.165) is 44.7 Å². The summed E-state index contributed by atoms with van der Waals surface area (Å²) in [5, 5.41) is 10.4. The summed E-state index contributed by atoms with van der Waals surface area (Å²) in [5.41, 5.74) is 11.4. The van der Waals surface area contributed by atoms with Gasteiger partial charge in [0.2, 0.25) is 0 Å². The summed E-state index contributed by atoms with van der Waals surface area (Å²) in [4.78, 5) is 17.4. The molecule has 0 saturated heterocycles. The predicted molar refractivity (Wildman–Crippen MR) is 165 cm³/mol. The van der Waals surface area contributed by atoms with Gasteiger partial charge in [0.15, 0.2) is 5.13 Å². The van der Waals surface area contributed by atoms with Crippen LogP contribution in [-0.2, 0) is 0 Å². The van der Waals surface area contributed by atoms with Crippen molar-refractivity contribution in [2.75, 3.05) is 5.32 Å². The van der Waals surface area contributed by atoms with Gasteiger partial charge in [-0.3, -0.25) is 4.79 Å². The standard InChI is InChI=1S/C30H26IN5OS/c1-19-7-13-26(14-8-19)33-30-34-28(18-38-30)22-9-11-23(12-10-22)29(37)35-32-17-24-15-20(2)36(21(24)3)27-6-4-5-25(31)16-27/h4-18H,1-3H3,(H,33,34)(H,35,37)/b32-17-. The number of nitrogens with one attached hydrogen (secondary N) is 2. The third-order valence-corrected chi connectivity index (χ3v) is 7.58. The quantitative estimate of drug-likeness (QED) is 0.110. The van der Waals surface area contributed by atoms with E-state index in [4.69, 9.17) is 0 Å². The topological polar surface area (TPSA) is 71.3 Å². The molecule has 3 aromatic carbocycles. The van der Waals surface area contributed by atoms with Gasteiger partial charge in [0.25, 0.3) is 5.91 Å². The number of amides is 1. The van der Waals surface area contributed by atoms with E-state index >= 15 is 0 Å². The van der Waals surface area contributed by atoms with Gasteiger partial charge >= 0.3 is 0 Å². The smallest absolute Gasteiger partial charge is 0.271 e. The summed E-state index contributed by atoms with van der Waals surface area (Å²) < 4.78 is 3.36. The molecule has 0 atom stereocenters. The van der Waals surface area contributed by atoms with Crippen molar-refractivity contribution < 1.29 is 4.79 Å². The lowest BCUT2D eigenvalue weighted by molar-refractivity contribution is 0.0955. The molecule has 0 bridgehead atoms. The maximum Gasteiger partial charge on any atom is 0.271 e. The number of aromatic nitrogens is 2. The number of anilines is 2. The third kappa shape index (κ3) is 5.87. The van der Waals surface area contributed by atoms with Crippen LogP contribution in [0.25, 0.3) is 16.9 Å². The highest BCUT2D eigenvalue weighted by Crippen LogP contribution is 2.27. The fourth-order valence-corrected chi connectivity index (χ4v) is 5.44. The van der Waals surface area contributed by atoms with Crippen LogP contribution in [0.5, 0.6) is 0 Å². The minimum absolute atomic E-state index is 0.265. The molecule has 8 heteroatoms. The van der Waals surface area contributed by atoms with Crippen molar-refractivity contribution in [2.24, 2.45) is 5.10 Å². The van der Waals surface area contributed by atoms with E-state index < -0.39 is 0 Å². The Kier molecular flexibility index (Phi) is 7.71. The number of hydrogen-bond donors (Lipinski definition) is 2. The second-order valence-electron chi connectivity index (χ2n) is 8.95. The number of aryl methyl sites for hydroxylation is 2. The van der Waals surface area contributed by atoms with Crippen molar-refractivity contribution in [1.82, 2.24) is 15.0 Å². The van der Waals surface area contributed by atoms with Crippen LogP contribution in [0.2, 0.25) is 0 Å². The van der Waals surface area contributed by atoms with Crippen LogP contribution in [0.15, 0.2) is 89.3 Å². The number of hydrazone groups is 1. The molecule has 2 N–H and O–H groups in total. The van der Waals surface area contributed by atoms with Crippen molar-refractivity contribution in [3.8, 4) is 16.9 Å². The number of halogens is 1. The molecule has 0 fully saturated rings. The maximum absolute atomic E-state index is 12.7. The van der Waals surface area contributed by atoms with Gasteiger partial charge in [0.1, 0.15) is 0 Å². The molecule has 2 aromatic heterocycles. The summed E-state index contributed by atoms with van der Waals surface area (Å²) in [6, 6.07) is 26.0. The van der Waals surface area contributed by atoms with Gasteiger partial charge in [0.05, 0.1) is 11.9 Å². The van der Waals surface area contributed by atoms with Gasteiger partial charge in [0, 0.05) is 48.4 Å². The molecule has 1 amide bonds. The van der Waals surface area contributed by atoms with Crippen LogP contribution >= 0.6 is 33.9 Å². The second-order valence-corrected chi connectivity index (χ2v) is 11.1. The summed E-state index contributed by atoms with van der Waals surface area (Å²) in [5.74, 6) is -0.265. The van der Waals surface area contributed by atoms with E-state index in [9.17, 15) is 4.79 Å². The lowest BCUT2D eigenvalue weighted by atomic mass is 10.1. The summed E-state index contributed by atoms with van der Waals surface area (Å²) in [6.07, 6.45) is 1.69. The van der Waals surface area contributed by atoms with Gasteiger partial charge in [-0.15, -0.1) is 11.3 Å². The fourth-order valence-electron chi connectivity index (χ4n) is 4.17. The van der Waals surface area contributed by atoms with Crippen LogP contribution in [-0.4, -0.2) is 21.7 Å². The Morgan fingerprint density at radius 3 is 2.50 bits per heavy atom. The summed E-state index contributed by atoms with van der Waals surface area (Å²) >= 11 is 3.86. The molecule has 2 heterocycles. The van der Waals surface area contributed by atoms with E-state index in [1.165, 1.54) is 9.13 Å². The lowest BCUT2D eigenvalue weighted by Gasteiger charge is -2.09. The minimum Gasteiger partial charge on any atom is -0.332 e. The Morgan fingerprint density at radius 1 is 1.00 bits per heavy atom. The van der Waals surface area contributed by atoms with Gasteiger partial charge in [-0.1, -0.05) is 35.9 Å². The molecule has 190 valence electrons. The normalized spacial score (nSPS) is 11.2. The Morgan fingerprint density at radius 2 is 1.76 bits per heavy atom. The highest BCUT2D eigenvalue weighted by molar-refractivity contribution is 14.1. The van der Waals surface area contributed by atoms with Crippen molar-refractivity contribution in [3.63, 3.8) is 0 Å². The molecule has 0 aliphatic carbocycles. The molecule has 0 unspecified atom stereocenters. The van der Waals surface area contributed by atoms with E-state index in [0.29, 0.717) is 5.56 Å².